The van der Waals surface area contributed by atoms with Gasteiger partial charge in [0.2, 0.25) is 11.9 Å². The summed E-state index contributed by atoms with van der Waals surface area (Å²) in [6, 6.07) is 0.220. The molecule has 0 saturated carbocycles. The minimum absolute atomic E-state index is 0.167. The molecule has 1 aromatic heterocycles. The van der Waals surface area contributed by atoms with E-state index in [2.05, 4.69) is 25.7 Å². The van der Waals surface area contributed by atoms with Crippen LogP contribution in [0.3, 0.4) is 0 Å². The van der Waals surface area contributed by atoms with Crippen LogP contribution in [0, 0.1) is 5.92 Å². The van der Waals surface area contributed by atoms with Crippen LogP contribution in [0.1, 0.15) is 20.3 Å². The van der Waals surface area contributed by atoms with E-state index in [0.29, 0.717) is 25.0 Å². The zero-order valence-corrected chi connectivity index (χ0v) is 10.7. The van der Waals surface area contributed by atoms with Gasteiger partial charge in [0.1, 0.15) is 0 Å². The molecule has 1 aromatic rings. The summed E-state index contributed by atoms with van der Waals surface area (Å²) in [4.78, 5) is 12.1. The van der Waals surface area contributed by atoms with Gasteiger partial charge in [-0.15, -0.1) is 0 Å². The molecule has 102 valence electrons. The van der Waals surface area contributed by atoms with Crippen molar-refractivity contribution in [2.75, 3.05) is 30.5 Å². The number of nitrogens with one attached hydrogen (secondary N) is 2. The molecule has 0 aliphatic rings. The Kier molecular flexibility index (Phi) is 6.09. The fourth-order valence-corrected chi connectivity index (χ4v) is 1.28. The predicted molar refractivity (Wildman–Crippen MR) is 68.2 cm³/mol. The number of aliphatic hydroxyl groups is 1. The molecule has 0 aromatic carbocycles. The van der Waals surface area contributed by atoms with Gasteiger partial charge in [-0.05, 0) is 19.3 Å². The summed E-state index contributed by atoms with van der Waals surface area (Å²) >= 11 is 0. The van der Waals surface area contributed by atoms with Crippen molar-refractivity contribution in [3.05, 3.63) is 0 Å². The van der Waals surface area contributed by atoms with E-state index in [4.69, 9.17) is 15.7 Å². The van der Waals surface area contributed by atoms with Crippen molar-refractivity contribution < 1.29 is 9.84 Å². The topological polar surface area (TPSA) is 118 Å². The number of nitrogens with two attached hydrogens (primary N) is 1. The Morgan fingerprint density at radius 2 is 2.06 bits per heavy atom. The number of hydrogen-bond acceptors (Lipinski definition) is 8. The molecule has 1 rings (SSSR count). The summed E-state index contributed by atoms with van der Waals surface area (Å²) in [6.45, 7) is 5.15. The lowest BCUT2D eigenvalue weighted by Gasteiger charge is -2.12. The number of anilines is 2. The Hall–Kier alpha value is -1.67. The fraction of sp³-hybridized carbons (Fsp3) is 0.700. The van der Waals surface area contributed by atoms with Gasteiger partial charge in [0.25, 0.3) is 0 Å². The zero-order valence-electron chi connectivity index (χ0n) is 10.7. The standard InChI is InChI=1S/C10H20N6O2/c1-3-18-10-14-8(13-9(15-10)16-11)12-6-7(2)4-5-17/h7,17H,3-6,11H2,1-2H3,(H2,12,13,14,15,16). The highest BCUT2D eigenvalue weighted by molar-refractivity contribution is 5.34. The molecule has 1 unspecified atom stereocenters. The van der Waals surface area contributed by atoms with Crippen LogP contribution in [-0.4, -0.2) is 39.8 Å². The third-order valence-electron chi connectivity index (χ3n) is 2.25. The van der Waals surface area contributed by atoms with Crippen LogP contribution in [0.15, 0.2) is 0 Å². The summed E-state index contributed by atoms with van der Waals surface area (Å²) in [5.41, 5.74) is 2.36. The number of hydrazine groups is 1. The van der Waals surface area contributed by atoms with E-state index in [-0.39, 0.29) is 18.6 Å². The molecule has 0 radical (unpaired) electrons. The monoisotopic (exact) mass is 256 g/mol. The second-order valence-corrected chi connectivity index (χ2v) is 3.84. The molecule has 0 spiro atoms. The van der Waals surface area contributed by atoms with E-state index in [1.807, 2.05) is 13.8 Å². The Balaban J connectivity index is 2.65. The van der Waals surface area contributed by atoms with Crippen molar-refractivity contribution >= 4 is 11.9 Å². The molecule has 0 fully saturated rings. The van der Waals surface area contributed by atoms with Crippen LogP contribution in [0.4, 0.5) is 11.9 Å². The maximum absolute atomic E-state index is 8.81. The largest absolute Gasteiger partial charge is 0.464 e. The Labute approximate surface area is 106 Å². The first-order valence-electron chi connectivity index (χ1n) is 5.89. The van der Waals surface area contributed by atoms with E-state index in [1.54, 1.807) is 0 Å². The van der Waals surface area contributed by atoms with E-state index in [9.17, 15) is 0 Å². The smallest absolute Gasteiger partial charge is 0.323 e. The molecule has 8 nitrogen and oxygen atoms in total. The molecule has 0 amide bonds. The van der Waals surface area contributed by atoms with Gasteiger partial charge in [-0.3, -0.25) is 5.43 Å². The van der Waals surface area contributed by atoms with Crippen molar-refractivity contribution in [3.8, 4) is 6.01 Å². The molecule has 18 heavy (non-hydrogen) atoms. The normalized spacial score (nSPS) is 12.0. The van der Waals surface area contributed by atoms with Gasteiger partial charge in [-0.1, -0.05) is 6.92 Å². The first-order valence-corrected chi connectivity index (χ1v) is 5.89. The lowest BCUT2D eigenvalue weighted by Crippen LogP contribution is -2.17. The number of aliphatic hydroxyl groups excluding tert-OH is 1. The first-order chi connectivity index (χ1) is 8.69. The number of nitrogens with zero attached hydrogens (tertiary/aromatic N) is 3. The quantitative estimate of drug-likeness (QED) is 0.379. The summed E-state index contributed by atoms with van der Waals surface area (Å²) in [6.07, 6.45) is 0.721. The minimum Gasteiger partial charge on any atom is -0.464 e. The van der Waals surface area contributed by atoms with Crippen LogP contribution < -0.4 is 21.3 Å². The molecule has 0 aliphatic heterocycles. The third kappa shape index (κ3) is 4.68. The van der Waals surface area contributed by atoms with Crippen LogP contribution in [0.25, 0.3) is 0 Å². The highest BCUT2D eigenvalue weighted by Gasteiger charge is 2.07. The summed E-state index contributed by atoms with van der Waals surface area (Å²) < 4.78 is 5.21. The Bertz CT molecular complexity index is 362. The predicted octanol–water partition coefficient (Wildman–Crippen LogP) is -0.0137. The molecule has 0 aliphatic carbocycles. The van der Waals surface area contributed by atoms with Crippen LogP contribution in [-0.2, 0) is 0 Å². The zero-order chi connectivity index (χ0) is 13.4. The molecular weight excluding hydrogens is 236 g/mol. The van der Waals surface area contributed by atoms with Crippen LogP contribution in [0.5, 0.6) is 6.01 Å². The van der Waals surface area contributed by atoms with Crippen molar-refractivity contribution in [1.82, 2.24) is 15.0 Å². The van der Waals surface area contributed by atoms with Crippen molar-refractivity contribution in [1.29, 1.82) is 0 Å². The van der Waals surface area contributed by atoms with Gasteiger partial charge in [-0.25, -0.2) is 5.84 Å². The second kappa shape index (κ2) is 7.62. The lowest BCUT2D eigenvalue weighted by atomic mass is 10.1. The number of nitrogen functional groups attached to an aromatic ring is 1. The average molecular weight is 256 g/mol. The number of ether oxygens (including phenoxy) is 1. The molecule has 5 N–H and O–H groups in total. The van der Waals surface area contributed by atoms with E-state index >= 15 is 0 Å². The van der Waals surface area contributed by atoms with Crippen molar-refractivity contribution in [3.63, 3.8) is 0 Å². The molecular formula is C10H20N6O2. The molecule has 0 saturated heterocycles. The van der Waals surface area contributed by atoms with Gasteiger partial charge in [0.15, 0.2) is 0 Å². The SMILES string of the molecule is CCOc1nc(NN)nc(NCC(C)CCO)n1. The highest BCUT2D eigenvalue weighted by atomic mass is 16.5. The third-order valence-corrected chi connectivity index (χ3v) is 2.25. The van der Waals surface area contributed by atoms with Crippen LogP contribution >= 0.6 is 0 Å². The van der Waals surface area contributed by atoms with Crippen molar-refractivity contribution in [2.45, 2.75) is 20.3 Å². The number of rotatable bonds is 8. The first kappa shape index (κ1) is 14.4. The van der Waals surface area contributed by atoms with E-state index in [1.165, 1.54) is 0 Å². The Morgan fingerprint density at radius 3 is 2.67 bits per heavy atom. The molecule has 0 bridgehead atoms. The minimum atomic E-state index is 0.167. The maximum Gasteiger partial charge on any atom is 0.323 e. The lowest BCUT2D eigenvalue weighted by molar-refractivity contribution is 0.265. The second-order valence-electron chi connectivity index (χ2n) is 3.84. The molecule has 1 atom stereocenters. The fourth-order valence-electron chi connectivity index (χ4n) is 1.28. The Morgan fingerprint density at radius 1 is 1.33 bits per heavy atom. The van der Waals surface area contributed by atoms with Gasteiger partial charge in [0, 0.05) is 13.2 Å². The van der Waals surface area contributed by atoms with Crippen molar-refractivity contribution in [2.24, 2.45) is 11.8 Å². The summed E-state index contributed by atoms with van der Waals surface area (Å²) in [5.74, 6) is 6.22. The van der Waals surface area contributed by atoms with E-state index < -0.39 is 0 Å². The highest BCUT2D eigenvalue weighted by Crippen LogP contribution is 2.11. The van der Waals surface area contributed by atoms with Crippen LogP contribution in [0.2, 0.25) is 0 Å². The number of hydrogen-bond donors (Lipinski definition) is 4. The van der Waals surface area contributed by atoms with E-state index in [0.717, 1.165) is 6.42 Å². The summed E-state index contributed by atoms with van der Waals surface area (Å²) in [5, 5.41) is 11.9. The van der Waals surface area contributed by atoms with Gasteiger partial charge in [-0.2, -0.15) is 15.0 Å². The molecule has 1 heterocycles. The van der Waals surface area contributed by atoms with Gasteiger partial charge < -0.3 is 15.2 Å². The summed E-state index contributed by atoms with van der Waals surface area (Å²) in [7, 11) is 0. The maximum atomic E-state index is 8.81. The number of aromatic nitrogens is 3. The van der Waals surface area contributed by atoms with Gasteiger partial charge in [0.05, 0.1) is 6.61 Å². The average Bonchev–Trinajstić information content (AvgIpc) is 2.37. The molecule has 8 heteroatoms. The van der Waals surface area contributed by atoms with Gasteiger partial charge >= 0.3 is 6.01 Å².